The number of benzene rings is 2. The number of ether oxygens (including phenoxy) is 1. The number of rotatable bonds is 4. The number of nitrogens with zero attached hydrogens (tertiary/aromatic N) is 1. The summed E-state index contributed by atoms with van der Waals surface area (Å²) in [5.74, 6) is 0.0280. The van der Waals surface area contributed by atoms with Gasteiger partial charge in [-0.25, -0.2) is 0 Å². The second-order valence-electron chi connectivity index (χ2n) is 5.43. The smallest absolute Gasteiger partial charge is 0.256 e. The maximum absolute atomic E-state index is 12.7. The number of carbonyl (C=O) groups excluding carboxylic acids is 2. The standard InChI is InChI=1S/C19H17N3O3/c1-12(23)21-13-7-8-18(25-2)17(11-13)22-19(24)15-9-10-20-16-6-4-3-5-14(15)16/h3-11H,1-2H3,(H,21,23)(H,22,24). The van der Waals surface area contributed by atoms with Gasteiger partial charge in [0.05, 0.1) is 23.9 Å². The van der Waals surface area contributed by atoms with Gasteiger partial charge in [0.25, 0.3) is 5.91 Å². The number of carbonyl (C=O) groups is 2. The summed E-state index contributed by atoms with van der Waals surface area (Å²) in [4.78, 5) is 28.2. The summed E-state index contributed by atoms with van der Waals surface area (Å²) in [6, 6.07) is 14.1. The van der Waals surface area contributed by atoms with Gasteiger partial charge in [0.1, 0.15) is 5.75 Å². The van der Waals surface area contributed by atoms with E-state index in [9.17, 15) is 9.59 Å². The van der Waals surface area contributed by atoms with Crippen molar-refractivity contribution in [1.29, 1.82) is 0 Å². The van der Waals surface area contributed by atoms with E-state index >= 15 is 0 Å². The molecule has 1 heterocycles. The fourth-order valence-electron chi connectivity index (χ4n) is 2.57. The maximum atomic E-state index is 12.7. The quantitative estimate of drug-likeness (QED) is 0.765. The van der Waals surface area contributed by atoms with Crippen molar-refractivity contribution in [3.05, 3.63) is 60.3 Å². The Hall–Kier alpha value is -3.41. The molecule has 3 rings (SSSR count). The zero-order valence-electron chi connectivity index (χ0n) is 13.9. The molecule has 0 aliphatic heterocycles. The molecular weight excluding hydrogens is 318 g/mol. The molecule has 0 aliphatic rings. The van der Waals surface area contributed by atoms with Crippen LogP contribution in [-0.4, -0.2) is 23.9 Å². The normalized spacial score (nSPS) is 10.3. The predicted octanol–water partition coefficient (Wildman–Crippen LogP) is 3.45. The summed E-state index contributed by atoms with van der Waals surface area (Å²) in [5, 5.41) is 6.29. The Bertz CT molecular complexity index is 948. The van der Waals surface area contributed by atoms with E-state index in [1.54, 1.807) is 30.5 Å². The van der Waals surface area contributed by atoms with Crippen LogP contribution < -0.4 is 15.4 Å². The molecule has 0 unspecified atom stereocenters. The lowest BCUT2D eigenvalue weighted by atomic mass is 10.1. The zero-order valence-corrected chi connectivity index (χ0v) is 13.9. The van der Waals surface area contributed by atoms with Crippen LogP contribution in [0.4, 0.5) is 11.4 Å². The van der Waals surface area contributed by atoms with Gasteiger partial charge in [-0.05, 0) is 30.3 Å². The lowest BCUT2D eigenvalue weighted by molar-refractivity contribution is -0.114. The van der Waals surface area contributed by atoms with Crippen molar-refractivity contribution in [2.24, 2.45) is 0 Å². The lowest BCUT2D eigenvalue weighted by Crippen LogP contribution is -2.14. The van der Waals surface area contributed by atoms with E-state index in [-0.39, 0.29) is 11.8 Å². The van der Waals surface area contributed by atoms with Crippen molar-refractivity contribution in [3.63, 3.8) is 0 Å². The molecule has 2 aromatic carbocycles. The van der Waals surface area contributed by atoms with Crippen LogP contribution in [0.2, 0.25) is 0 Å². The third kappa shape index (κ3) is 3.58. The third-order valence-corrected chi connectivity index (χ3v) is 3.66. The molecule has 0 radical (unpaired) electrons. The van der Waals surface area contributed by atoms with E-state index in [0.29, 0.717) is 22.7 Å². The van der Waals surface area contributed by atoms with E-state index < -0.39 is 0 Å². The molecule has 0 atom stereocenters. The first kappa shape index (κ1) is 16.4. The minimum Gasteiger partial charge on any atom is -0.495 e. The second kappa shape index (κ2) is 7.00. The van der Waals surface area contributed by atoms with Gasteiger partial charge in [-0.1, -0.05) is 18.2 Å². The number of anilines is 2. The van der Waals surface area contributed by atoms with Crippen molar-refractivity contribution in [2.75, 3.05) is 17.7 Å². The third-order valence-electron chi connectivity index (χ3n) is 3.66. The summed E-state index contributed by atoms with van der Waals surface area (Å²) in [6.45, 7) is 1.42. The van der Waals surface area contributed by atoms with E-state index in [0.717, 1.165) is 10.9 Å². The van der Waals surface area contributed by atoms with E-state index in [2.05, 4.69) is 15.6 Å². The molecule has 126 valence electrons. The van der Waals surface area contributed by atoms with Crippen LogP contribution in [0.15, 0.2) is 54.7 Å². The Morgan fingerprint density at radius 1 is 1.04 bits per heavy atom. The first-order valence-corrected chi connectivity index (χ1v) is 7.69. The highest BCUT2D eigenvalue weighted by Gasteiger charge is 2.14. The summed E-state index contributed by atoms with van der Waals surface area (Å²) in [5.41, 5.74) is 2.30. The SMILES string of the molecule is COc1ccc(NC(C)=O)cc1NC(=O)c1ccnc2ccccc12. The Kier molecular flexibility index (Phi) is 4.61. The van der Waals surface area contributed by atoms with Crippen LogP contribution in [0.25, 0.3) is 10.9 Å². The molecule has 1 aromatic heterocycles. The molecule has 0 saturated carbocycles. The maximum Gasteiger partial charge on any atom is 0.256 e. The number of hydrogen-bond donors (Lipinski definition) is 2. The summed E-state index contributed by atoms with van der Waals surface area (Å²) in [6.07, 6.45) is 1.60. The number of fused-ring (bicyclic) bond motifs is 1. The second-order valence-corrected chi connectivity index (χ2v) is 5.43. The first-order chi connectivity index (χ1) is 12.1. The molecule has 6 nitrogen and oxygen atoms in total. The Morgan fingerprint density at radius 3 is 2.60 bits per heavy atom. The van der Waals surface area contributed by atoms with Crippen LogP contribution in [0.1, 0.15) is 17.3 Å². The molecule has 0 spiro atoms. The number of methoxy groups -OCH3 is 1. The fourth-order valence-corrected chi connectivity index (χ4v) is 2.57. The number of pyridine rings is 1. The highest BCUT2D eigenvalue weighted by molar-refractivity contribution is 6.12. The average molecular weight is 335 g/mol. The molecule has 6 heteroatoms. The number of aromatic nitrogens is 1. The molecule has 0 bridgehead atoms. The van der Waals surface area contributed by atoms with Crippen LogP contribution in [0.3, 0.4) is 0 Å². The van der Waals surface area contributed by atoms with Crippen LogP contribution >= 0.6 is 0 Å². The van der Waals surface area contributed by atoms with Crippen molar-refractivity contribution < 1.29 is 14.3 Å². The summed E-state index contributed by atoms with van der Waals surface area (Å²) < 4.78 is 5.29. The largest absolute Gasteiger partial charge is 0.495 e. The fraction of sp³-hybridized carbons (Fsp3) is 0.105. The summed E-state index contributed by atoms with van der Waals surface area (Å²) in [7, 11) is 1.52. The highest BCUT2D eigenvalue weighted by Crippen LogP contribution is 2.29. The van der Waals surface area contributed by atoms with Gasteiger partial charge in [0.2, 0.25) is 5.91 Å². The van der Waals surface area contributed by atoms with Crippen molar-refractivity contribution in [1.82, 2.24) is 4.98 Å². The van der Waals surface area contributed by atoms with Gasteiger partial charge >= 0.3 is 0 Å². The van der Waals surface area contributed by atoms with Gasteiger partial charge in [0.15, 0.2) is 0 Å². The topological polar surface area (TPSA) is 80.3 Å². The van der Waals surface area contributed by atoms with Gasteiger partial charge in [-0.3, -0.25) is 14.6 Å². The van der Waals surface area contributed by atoms with Gasteiger partial charge < -0.3 is 15.4 Å². The Balaban J connectivity index is 1.95. The van der Waals surface area contributed by atoms with Crippen LogP contribution in [0.5, 0.6) is 5.75 Å². The number of nitrogens with one attached hydrogen (secondary N) is 2. The number of para-hydroxylation sites is 1. The summed E-state index contributed by atoms with van der Waals surface area (Å²) >= 11 is 0. The van der Waals surface area contributed by atoms with E-state index in [4.69, 9.17) is 4.74 Å². The molecular formula is C19H17N3O3. The molecule has 2 N–H and O–H groups in total. The van der Waals surface area contributed by atoms with Gasteiger partial charge in [-0.2, -0.15) is 0 Å². The van der Waals surface area contributed by atoms with Crippen molar-refractivity contribution in [2.45, 2.75) is 6.92 Å². The average Bonchev–Trinajstić information content (AvgIpc) is 2.61. The first-order valence-electron chi connectivity index (χ1n) is 7.69. The molecule has 0 fully saturated rings. The minimum absolute atomic E-state index is 0.192. The van der Waals surface area contributed by atoms with Crippen molar-refractivity contribution >= 4 is 34.1 Å². The molecule has 0 saturated heterocycles. The molecule has 2 amide bonds. The monoisotopic (exact) mass is 335 g/mol. The van der Waals surface area contributed by atoms with Crippen LogP contribution in [-0.2, 0) is 4.79 Å². The highest BCUT2D eigenvalue weighted by atomic mass is 16.5. The van der Waals surface area contributed by atoms with Gasteiger partial charge in [0, 0.05) is 24.2 Å². The number of hydrogen-bond acceptors (Lipinski definition) is 4. The number of amides is 2. The minimum atomic E-state index is -0.281. The van der Waals surface area contributed by atoms with Crippen LogP contribution in [0, 0.1) is 0 Å². The zero-order chi connectivity index (χ0) is 17.8. The Morgan fingerprint density at radius 2 is 1.84 bits per heavy atom. The van der Waals surface area contributed by atoms with Gasteiger partial charge in [-0.15, -0.1) is 0 Å². The van der Waals surface area contributed by atoms with E-state index in [1.807, 2.05) is 24.3 Å². The molecule has 0 aliphatic carbocycles. The van der Waals surface area contributed by atoms with E-state index in [1.165, 1.54) is 14.0 Å². The Labute approximate surface area is 144 Å². The molecule has 25 heavy (non-hydrogen) atoms. The molecule has 3 aromatic rings. The van der Waals surface area contributed by atoms with Crippen molar-refractivity contribution in [3.8, 4) is 5.75 Å². The lowest BCUT2D eigenvalue weighted by Gasteiger charge is -2.13. The predicted molar refractivity (Wildman–Crippen MR) is 97.0 cm³/mol.